The van der Waals surface area contributed by atoms with Crippen LogP contribution in [-0.2, 0) is 13.6 Å². The van der Waals surface area contributed by atoms with E-state index in [1.165, 1.54) is 0 Å². The standard InChI is InChI=1S/C13H17N3O2/c1-16-8-9(7-14)13(15-16)11-6-10(17-2)4-5-12(11)18-3/h4-6,8H,7,14H2,1-3H3. The van der Waals surface area contributed by atoms with Crippen LogP contribution in [-0.4, -0.2) is 24.0 Å². The summed E-state index contributed by atoms with van der Waals surface area (Å²) < 4.78 is 12.3. The third kappa shape index (κ3) is 2.17. The highest BCUT2D eigenvalue weighted by Crippen LogP contribution is 2.34. The van der Waals surface area contributed by atoms with Gasteiger partial charge in [-0.25, -0.2) is 0 Å². The molecule has 0 fully saturated rings. The van der Waals surface area contributed by atoms with Crippen molar-refractivity contribution in [2.45, 2.75) is 6.54 Å². The average Bonchev–Trinajstić information content (AvgIpc) is 2.79. The lowest BCUT2D eigenvalue weighted by Gasteiger charge is -2.09. The molecular weight excluding hydrogens is 230 g/mol. The Kier molecular flexibility index (Phi) is 3.53. The third-order valence-electron chi connectivity index (χ3n) is 2.79. The molecule has 5 nitrogen and oxygen atoms in total. The SMILES string of the molecule is COc1ccc(OC)c(-c2nn(C)cc2CN)c1. The van der Waals surface area contributed by atoms with E-state index in [9.17, 15) is 0 Å². The number of aryl methyl sites for hydroxylation is 1. The summed E-state index contributed by atoms with van der Waals surface area (Å²) in [5.74, 6) is 1.52. The maximum Gasteiger partial charge on any atom is 0.128 e. The number of hydrogen-bond donors (Lipinski definition) is 1. The molecule has 1 aromatic carbocycles. The van der Waals surface area contributed by atoms with Crippen LogP contribution < -0.4 is 15.2 Å². The minimum Gasteiger partial charge on any atom is -0.497 e. The summed E-state index contributed by atoms with van der Waals surface area (Å²) in [4.78, 5) is 0. The normalized spacial score (nSPS) is 10.4. The Hall–Kier alpha value is -2.01. The van der Waals surface area contributed by atoms with Crippen molar-refractivity contribution in [2.75, 3.05) is 14.2 Å². The van der Waals surface area contributed by atoms with Gasteiger partial charge in [-0.05, 0) is 18.2 Å². The number of methoxy groups -OCH3 is 2. The van der Waals surface area contributed by atoms with Gasteiger partial charge in [0.05, 0.1) is 14.2 Å². The molecule has 18 heavy (non-hydrogen) atoms. The number of ether oxygens (including phenoxy) is 2. The first-order chi connectivity index (χ1) is 8.69. The summed E-state index contributed by atoms with van der Waals surface area (Å²) in [6, 6.07) is 5.62. The van der Waals surface area contributed by atoms with Crippen molar-refractivity contribution in [2.24, 2.45) is 12.8 Å². The molecule has 0 aliphatic rings. The van der Waals surface area contributed by atoms with Crippen LogP contribution >= 0.6 is 0 Å². The van der Waals surface area contributed by atoms with E-state index < -0.39 is 0 Å². The van der Waals surface area contributed by atoms with Crippen molar-refractivity contribution in [3.63, 3.8) is 0 Å². The van der Waals surface area contributed by atoms with Crippen LogP contribution in [0.25, 0.3) is 11.3 Å². The van der Waals surface area contributed by atoms with Gasteiger partial charge in [-0.3, -0.25) is 4.68 Å². The van der Waals surface area contributed by atoms with E-state index >= 15 is 0 Å². The molecule has 1 heterocycles. The van der Waals surface area contributed by atoms with Crippen molar-refractivity contribution < 1.29 is 9.47 Å². The van der Waals surface area contributed by atoms with Crippen molar-refractivity contribution in [1.29, 1.82) is 0 Å². The predicted molar refractivity (Wildman–Crippen MR) is 69.6 cm³/mol. The molecule has 2 aromatic rings. The van der Waals surface area contributed by atoms with Crippen LogP contribution in [0.4, 0.5) is 0 Å². The van der Waals surface area contributed by atoms with Crippen LogP contribution in [0.1, 0.15) is 5.56 Å². The monoisotopic (exact) mass is 247 g/mol. The van der Waals surface area contributed by atoms with E-state index in [0.717, 1.165) is 28.3 Å². The second kappa shape index (κ2) is 5.10. The number of rotatable bonds is 4. The van der Waals surface area contributed by atoms with Gasteiger partial charge in [0.2, 0.25) is 0 Å². The van der Waals surface area contributed by atoms with Crippen molar-refractivity contribution in [3.8, 4) is 22.8 Å². The van der Waals surface area contributed by atoms with Gasteiger partial charge in [-0.1, -0.05) is 0 Å². The summed E-state index contributed by atoms with van der Waals surface area (Å²) in [6.07, 6.45) is 1.91. The molecular formula is C13H17N3O2. The zero-order valence-electron chi connectivity index (χ0n) is 10.8. The molecule has 0 atom stereocenters. The van der Waals surface area contributed by atoms with Crippen molar-refractivity contribution >= 4 is 0 Å². The van der Waals surface area contributed by atoms with Crippen molar-refractivity contribution in [3.05, 3.63) is 30.0 Å². The summed E-state index contributed by atoms with van der Waals surface area (Å²) in [5, 5.41) is 4.44. The predicted octanol–water partition coefficient (Wildman–Crippen LogP) is 1.56. The van der Waals surface area contributed by atoms with Gasteiger partial charge in [-0.15, -0.1) is 0 Å². The molecule has 1 aromatic heterocycles. The van der Waals surface area contributed by atoms with Gasteiger partial charge >= 0.3 is 0 Å². The average molecular weight is 247 g/mol. The van der Waals surface area contributed by atoms with E-state index in [0.29, 0.717) is 6.54 Å². The van der Waals surface area contributed by atoms with E-state index in [1.54, 1.807) is 18.9 Å². The molecule has 0 amide bonds. The first kappa shape index (κ1) is 12.4. The van der Waals surface area contributed by atoms with E-state index in [2.05, 4.69) is 5.10 Å². The molecule has 0 aliphatic heterocycles. The lowest BCUT2D eigenvalue weighted by atomic mass is 10.1. The van der Waals surface area contributed by atoms with Gasteiger partial charge < -0.3 is 15.2 Å². The molecule has 0 saturated heterocycles. The fourth-order valence-corrected chi connectivity index (χ4v) is 1.91. The zero-order chi connectivity index (χ0) is 13.1. The van der Waals surface area contributed by atoms with Crippen molar-refractivity contribution in [1.82, 2.24) is 9.78 Å². The maximum atomic E-state index is 5.74. The number of aromatic nitrogens is 2. The van der Waals surface area contributed by atoms with E-state index in [1.807, 2.05) is 31.4 Å². The highest BCUT2D eigenvalue weighted by molar-refractivity contribution is 5.71. The minimum absolute atomic E-state index is 0.434. The summed E-state index contributed by atoms with van der Waals surface area (Å²) in [5.41, 5.74) is 8.43. The second-order valence-electron chi connectivity index (χ2n) is 3.95. The minimum atomic E-state index is 0.434. The molecule has 0 aliphatic carbocycles. The third-order valence-corrected chi connectivity index (χ3v) is 2.79. The summed E-state index contributed by atoms with van der Waals surface area (Å²) in [7, 11) is 5.14. The Morgan fingerprint density at radius 1 is 1.28 bits per heavy atom. The highest BCUT2D eigenvalue weighted by Gasteiger charge is 2.14. The molecule has 5 heteroatoms. The number of nitrogens with zero attached hydrogens (tertiary/aromatic N) is 2. The Labute approximate surface area is 106 Å². The van der Waals surface area contributed by atoms with Crippen LogP contribution in [0.15, 0.2) is 24.4 Å². The number of nitrogens with two attached hydrogens (primary N) is 1. The quantitative estimate of drug-likeness (QED) is 0.890. The Balaban J connectivity index is 2.60. The van der Waals surface area contributed by atoms with Crippen LogP contribution in [0.2, 0.25) is 0 Å². The fourth-order valence-electron chi connectivity index (χ4n) is 1.91. The van der Waals surface area contributed by atoms with Crippen LogP contribution in [0.3, 0.4) is 0 Å². The van der Waals surface area contributed by atoms with Gasteiger partial charge in [0.15, 0.2) is 0 Å². The molecule has 0 unspecified atom stereocenters. The topological polar surface area (TPSA) is 62.3 Å². The fraction of sp³-hybridized carbons (Fsp3) is 0.308. The molecule has 2 N–H and O–H groups in total. The first-order valence-corrected chi connectivity index (χ1v) is 5.64. The maximum absolute atomic E-state index is 5.74. The van der Waals surface area contributed by atoms with Crippen LogP contribution in [0.5, 0.6) is 11.5 Å². The number of benzene rings is 1. The molecule has 2 rings (SSSR count). The van der Waals surface area contributed by atoms with E-state index in [-0.39, 0.29) is 0 Å². The van der Waals surface area contributed by atoms with Gasteiger partial charge in [0, 0.05) is 30.9 Å². The lowest BCUT2D eigenvalue weighted by Crippen LogP contribution is -1.98. The summed E-state index contributed by atoms with van der Waals surface area (Å²) in [6.45, 7) is 0.434. The van der Waals surface area contributed by atoms with Crippen LogP contribution in [0, 0.1) is 0 Å². The first-order valence-electron chi connectivity index (χ1n) is 5.64. The molecule has 0 saturated carbocycles. The molecule has 0 bridgehead atoms. The molecule has 0 radical (unpaired) electrons. The summed E-state index contributed by atoms with van der Waals surface area (Å²) >= 11 is 0. The molecule has 96 valence electrons. The largest absolute Gasteiger partial charge is 0.497 e. The smallest absolute Gasteiger partial charge is 0.128 e. The highest BCUT2D eigenvalue weighted by atomic mass is 16.5. The van der Waals surface area contributed by atoms with Gasteiger partial charge in [-0.2, -0.15) is 5.10 Å². The second-order valence-corrected chi connectivity index (χ2v) is 3.95. The van der Waals surface area contributed by atoms with E-state index in [4.69, 9.17) is 15.2 Å². The Morgan fingerprint density at radius 3 is 2.67 bits per heavy atom. The molecule has 0 spiro atoms. The Morgan fingerprint density at radius 2 is 2.06 bits per heavy atom. The van der Waals surface area contributed by atoms with Gasteiger partial charge in [0.1, 0.15) is 17.2 Å². The lowest BCUT2D eigenvalue weighted by molar-refractivity contribution is 0.404. The zero-order valence-corrected chi connectivity index (χ0v) is 10.8. The Bertz CT molecular complexity index is 549. The van der Waals surface area contributed by atoms with Gasteiger partial charge in [0.25, 0.3) is 0 Å². The number of hydrogen-bond acceptors (Lipinski definition) is 4.